The Morgan fingerprint density at radius 1 is 1.28 bits per heavy atom. The van der Waals surface area contributed by atoms with E-state index in [4.69, 9.17) is 9.15 Å². The largest absolute Gasteiger partial charge is 0.496 e. The van der Waals surface area contributed by atoms with E-state index in [0.717, 1.165) is 43.3 Å². The van der Waals surface area contributed by atoms with Crippen molar-refractivity contribution in [3.63, 3.8) is 0 Å². The predicted octanol–water partition coefficient (Wildman–Crippen LogP) is 3.55. The quantitative estimate of drug-likeness (QED) is 0.866. The summed E-state index contributed by atoms with van der Waals surface area (Å²) in [5, 5.41) is 3.57. The second-order valence-corrected chi connectivity index (χ2v) is 4.88. The molecule has 0 saturated carbocycles. The molecule has 1 aliphatic heterocycles. The SMILES string of the molecule is CCCNC(C1=CCCO1)c1c(C)oc(C)c1C. The molecule has 3 nitrogen and oxygen atoms in total. The number of furan rings is 1. The van der Waals surface area contributed by atoms with E-state index >= 15 is 0 Å². The molecule has 3 heteroatoms. The molecule has 0 fully saturated rings. The van der Waals surface area contributed by atoms with Gasteiger partial charge >= 0.3 is 0 Å². The first-order valence-electron chi connectivity index (χ1n) is 6.77. The third-order valence-corrected chi connectivity index (χ3v) is 3.52. The number of hydrogen-bond acceptors (Lipinski definition) is 3. The molecule has 1 atom stereocenters. The molecule has 0 aromatic carbocycles. The molecule has 18 heavy (non-hydrogen) atoms. The van der Waals surface area contributed by atoms with Crippen LogP contribution in [-0.2, 0) is 4.74 Å². The van der Waals surface area contributed by atoms with E-state index in [9.17, 15) is 0 Å². The summed E-state index contributed by atoms with van der Waals surface area (Å²) >= 11 is 0. The maximum absolute atomic E-state index is 5.74. The van der Waals surface area contributed by atoms with Crippen molar-refractivity contribution in [2.45, 2.75) is 46.6 Å². The highest BCUT2D eigenvalue weighted by Gasteiger charge is 2.26. The third kappa shape index (κ3) is 2.46. The first kappa shape index (κ1) is 13.2. The van der Waals surface area contributed by atoms with Crippen molar-refractivity contribution in [1.82, 2.24) is 5.32 Å². The molecule has 2 heterocycles. The van der Waals surface area contributed by atoms with E-state index in [1.54, 1.807) is 0 Å². The third-order valence-electron chi connectivity index (χ3n) is 3.52. The van der Waals surface area contributed by atoms with Gasteiger partial charge in [0.1, 0.15) is 17.3 Å². The van der Waals surface area contributed by atoms with Crippen LogP contribution in [0.1, 0.15) is 48.5 Å². The van der Waals surface area contributed by atoms with Gasteiger partial charge in [-0.3, -0.25) is 0 Å². The highest BCUT2D eigenvalue weighted by Crippen LogP contribution is 2.33. The van der Waals surface area contributed by atoms with Crippen LogP contribution < -0.4 is 5.32 Å². The van der Waals surface area contributed by atoms with E-state index in [0.29, 0.717) is 0 Å². The number of hydrogen-bond donors (Lipinski definition) is 1. The summed E-state index contributed by atoms with van der Waals surface area (Å²) < 4.78 is 11.5. The predicted molar refractivity (Wildman–Crippen MR) is 72.6 cm³/mol. The first-order chi connectivity index (χ1) is 8.65. The Labute approximate surface area is 109 Å². The van der Waals surface area contributed by atoms with Gasteiger partial charge in [-0.15, -0.1) is 0 Å². The van der Waals surface area contributed by atoms with Gasteiger partial charge in [0, 0.05) is 12.0 Å². The summed E-state index contributed by atoms with van der Waals surface area (Å²) in [4.78, 5) is 0. The molecule has 100 valence electrons. The Hall–Kier alpha value is -1.22. The van der Waals surface area contributed by atoms with Crippen molar-refractivity contribution in [1.29, 1.82) is 0 Å². The fraction of sp³-hybridized carbons (Fsp3) is 0.600. The monoisotopic (exact) mass is 249 g/mol. The number of ether oxygens (including phenoxy) is 1. The van der Waals surface area contributed by atoms with Crippen LogP contribution in [-0.4, -0.2) is 13.2 Å². The number of aryl methyl sites for hydroxylation is 2. The van der Waals surface area contributed by atoms with Gasteiger partial charge in [-0.2, -0.15) is 0 Å². The summed E-state index contributed by atoms with van der Waals surface area (Å²) in [6.07, 6.45) is 4.31. The van der Waals surface area contributed by atoms with Gasteiger partial charge in [0.2, 0.25) is 0 Å². The van der Waals surface area contributed by atoms with Crippen LogP contribution in [0.5, 0.6) is 0 Å². The van der Waals surface area contributed by atoms with E-state index < -0.39 is 0 Å². The van der Waals surface area contributed by atoms with Crippen LogP contribution in [0.25, 0.3) is 0 Å². The highest BCUT2D eigenvalue weighted by molar-refractivity contribution is 5.38. The minimum atomic E-state index is 0.143. The smallest absolute Gasteiger partial charge is 0.114 e. The maximum Gasteiger partial charge on any atom is 0.114 e. The Balaban J connectivity index is 2.32. The molecule has 1 aliphatic rings. The summed E-state index contributed by atoms with van der Waals surface area (Å²) in [5.74, 6) is 3.05. The molecule has 0 saturated heterocycles. The zero-order valence-corrected chi connectivity index (χ0v) is 11.8. The number of nitrogens with one attached hydrogen (secondary N) is 1. The van der Waals surface area contributed by atoms with Gasteiger partial charge in [-0.25, -0.2) is 0 Å². The van der Waals surface area contributed by atoms with Gasteiger partial charge < -0.3 is 14.5 Å². The fourth-order valence-electron chi connectivity index (χ4n) is 2.51. The molecule has 0 aliphatic carbocycles. The van der Waals surface area contributed by atoms with E-state index in [2.05, 4.69) is 25.2 Å². The fourth-order valence-corrected chi connectivity index (χ4v) is 2.51. The molecular formula is C15H23NO2. The Kier molecular flexibility index (Phi) is 4.12. The van der Waals surface area contributed by atoms with Crippen molar-refractivity contribution in [2.24, 2.45) is 0 Å². The van der Waals surface area contributed by atoms with Gasteiger partial charge in [-0.1, -0.05) is 6.92 Å². The molecule has 2 rings (SSSR count). The van der Waals surface area contributed by atoms with Gasteiger partial charge in [0.15, 0.2) is 0 Å². The molecule has 1 aromatic heterocycles. The first-order valence-corrected chi connectivity index (χ1v) is 6.77. The van der Waals surface area contributed by atoms with Crippen LogP contribution in [0.15, 0.2) is 16.3 Å². The highest BCUT2D eigenvalue weighted by atomic mass is 16.5. The van der Waals surface area contributed by atoms with Crippen LogP contribution >= 0.6 is 0 Å². The lowest BCUT2D eigenvalue weighted by Crippen LogP contribution is -2.25. The summed E-state index contributed by atoms with van der Waals surface area (Å²) in [7, 11) is 0. The summed E-state index contributed by atoms with van der Waals surface area (Å²) in [5.41, 5.74) is 2.48. The standard InChI is InChI=1S/C15H23NO2/c1-5-8-16-15(13-7-6-9-17-13)14-10(2)11(3)18-12(14)4/h7,15-16H,5-6,8-9H2,1-4H3. The maximum atomic E-state index is 5.74. The van der Waals surface area contributed by atoms with Crippen LogP contribution in [0.3, 0.4) is 0 Å². The van der Waals surface area contributed by atoms with Gasteiger partial charge in [0.25, 0.3) is 0 Å². The average molecular weight is 249 g/mol. The molecule has 0 radical (unpaired) electrons. The van der Waals surface area contributed by atoms with Crippen molar-refractivity contribution in [2.75, 3.05) is 13.2 Å². The molecule has 1 N–H and O–H groups in total. The molecular weight excluding hydrogens is 226 g/mol. The second kappa shape index (κ2) is 5.61. The zero-order valence-electron chi connectivity index (χ0n) is 11.8. The Morgan fingerprint density at radius 2 is 2.06 bits per heavy atom. The van der Waals surface area contributed by atoms with Gasteiger partial charge in [-0.05, 0) is 45.4 Å². The Bertz CT molecular complexity index is 446. The van der Waals surface area contributed by atoms with Crippen molar-refractivity contribution in [3.05, 3.63) is 34.5 Å². The minimum absolute atomic E-state index is 0.143. The second-order valence-electron chi connectivity index (χ2n) is 4.88. The minimum Gasteiger partial charge on any atom is -0.496 e. The molecule has 0 bridgehead atoms. The van der Waals surface area contributed by atoms with E-state index in [1.165, 1.54) is 11.1 Å². The van der Waals surface area contributed by atoms with Crippen LogP contribution in [0, 0.1) is 20.8 Å². The van der Waals surface area contributed by atoms with E-state index in [1.807, 2.05) is 13.8 Å². The van der Waals surface area contributed by atoms with Crippen molar-refractivity contribution >= 4 is 0 Å². The molecule has 1 unspecified atom stereocenters. The van der Waals surface area contributed by atoms with Crippen LogP contribution in [0.2, 0.25) is 0 Å². The van der Waals surface area contributed by atoms with Crippen molar-refractivity contribution in [3.8, 4) is 0 Å². The summed E-state index contributed by atoms with van der Waals surface area (Å²) in [6, 6.07) is 0.143. The molecule has 0 amide bonds. The lowest BCUT2D eigenvalue weighted by atomic mass is 10.00. The zero-order chi connectivity index (χ0) is 13.1. The number of rotatable bonds is 5. The molecule has 0 spiro atoms. The topological polar surface area (TPSA) is 34.4 Å². The van der Waals surface area contributed by atoms with Crippen molar-refractivity contribution < 1.29 is 9.15 Å². The molecule has 1 aromatic rings. The van der Waals surface area contributed by atoms with Gasteiger partial charge in [0.05, 0.1) is 12.6 Å². The van der Waals surface area contributed by atoms with E-state index in [-0.39, 0.29) is 6.04 Å². The summed E-state index contributed by atoms with van der Waals surface area (Å²) in [6.45, 7) is 10.1. The normalized spacial score (nSPS) is 16.6. The Morgan fingerprint density at radius 3 is 2.56 bits per heavy atom. The lowest BCUT2D eigenvalue weighted by molar-refractivity contribution is 0.214. The average Bonchev–Trinajstić information content (AvgIpc) is 2.93. The van der Waals surface area contributed by atoms with Crippen LogP contribution in [0.4, 0.5) is 0 Å². The lowest BCUT2D eigenvalue weighted by Gasteiger charge is -2.20.